The highest BCUT2D eigenvalue weighted by molar-refractivity contribution is 7.98. The lowest BCUT2D eigenvalue weighted by Crippen LogP contribution is -2.00. The van der Waals surface area contributed by atoms with Crippen molar-refractivity contribution in [3.63, 3.8) is 0 Å². The second-order valence-corrected chi connectivity index (χ2v) is 9.45. The Balaban J connectivity index is 1.45. The molecule has 3 nitrogen and oxygen atoms in total. The normalized spacial score (nSPS) is 12.6. The van der Waals surface area contributed by atoms with Crippen molar-refractivity contribution < 1.29 is 0 Å². The first-order chi connectivity index (χ1) is 14.2. The summed E-state index contributed by atoms with van der Waals surface area (Å²) in [6.45, 7) is 5.18. The summed E-state index contributed by atoms with van der Waals surface area (Å²) in [7, 11) is 0. The average Bonchev–Trinajstić information content (AvgIpc) is 3.36. The Labute approximate surface area is 179 Å². The van der Waals surface area contributed by atoms with E-state index in [1.165, 1.54) is 37.6 Å². The summed E-state index contributed by atoms with van der Waals surface area (Å²) in [6.07, 6.45) is 2.23. The Kier molecular flexibility index (Phi) is 5.02. The fourth-order valence-corrected chi connectivity index (χ4v) is 6.20. The van der Waals surface area contributed by atoms with Gasteiger partial charge in [-0.3, -0.25) is 0 Å². The fraction of sp³-hybridized carbons (Fsp3) is 0.250. The molecule has 0 spiro atoms. The van der Waals surface area contributed by atoms with E-state index in [2.05, 4.69) is 83.2 Å². The Hall–Kier alpha value is -2.37. The molecule has 4 aromatic rings. The molecule has 0 unspecified atom stereocenters. The van der Waals surface area contributed by atoms with Gasteiger partial charge in [-0.25, -0.2) is 0 Å². The number of nitrogens with zero attached hydrogens (tertiary/aromatic N) is 3. The fourth-order valence-electron chi connectivity index (χ4n) is 3.99. The Bertz CT molecular complexity index is 1170. The number of benzene rings is 2. The molecule has 0 N–H and O–H groups in total. The average molecular weight is 418 g/mol. The van der Waals surface area contributed by atoms with Crippen LogP contribution >= 0.6 is 23.1 Å². The topological polar surface area (TPSA) is 30.7 Å². The maximum Gasteiger partial charge on any atom is 0.191 e. The molecule has 5 rings (SSSR count). The Morgan fingerprint density at radius 2 is 1.86 bits per heavy atom. The number of hydrogen-bond acceptors (Lipinski definition) is 4. The van der Waals surface area contributed by atoms with Crippen LogP contribution in [0.4, 0.5) is 0 Å². The molecule has 1 aliphatic rings. The van der Waals surface area contributed by atoms with Crippen molar-refractivity contribution in [3.8, 4) is 21.1 Å². The first-order valence-corrected chi connectivity index (χ1v) is 11.9. The van der Waals surface area contributed by atoms with E-state index in [-0.39, 0.29) is 0 Å². The summed E-state index contributed by atoms with van der Waals surface area (Å²) in [5, 5.41) is 10.1. The summed E-state index contributed by atoms with van der Waals surface area (Å²) in [6, 6.07) is 19.8. The molecule has 0 radical (unpaired) electrons. The second kappa shape index (κ2) is 7.81. The maximum atomic E-state index is 4.59. The summed E-state index contributed by atoms with van der Waals surface area (Å²) in [5.41, 5.74) is 6.92. The highest BCUT2D eigenvalue weighted by Crippen LogP contribution is 2.43. The number of rotatable bonds is 5. The van der Waals surface area contributed by atoms with E-state index >= 15 is 0 Å². The van der Waals surface area contributed by atoms with Gasteiger partial charge < -0.3 is 4.57 Å². The minimum absolute atomic E-state index is 0.873. The van der Waals surface area contributed by atoms with Gasteiger partial charge in [0.15, 0.2) is 11.0 Å². The van der Waals surface area contributed by atoms with Crippen LogP contribution in [0.15, 0.2) is 59.8 Å². The van der Waals surface area contributed by atoms with Crippen molar-refractivity contribution in [1.82, 2.24) is 14.8 Å². The van der Waals surface area contributed by atoms with Gasteiger partial charge in [-0.1, -0.05) is 65.9 Å². The highest BCUT2D eigenvalue weighted by Gasteiger charge is 2.22. The molecule has 29 heavy (non-hydrogen) atoms. The SMILES string of the molecule is CCn1c(SCc2cccc(C)c2)nnc1-c1cc2c(s1)-c1ccccc1CC2. The van der Waals surface area contributed by atoms with Gasteiger partial charge in [-0.2, -0.15) is 0 Å². The zero-order valence-electron chi connectivity index (χ0n) is 16.7. The zero-order chi connectivity index (χ0) is 19.8. The van der Waals surface area contributed by atoms with Gasteiger partial charge in [0.05, 0.1) is 4.88 Å². The van der Waals surface area contributed by atoms with Crippen LogP contribution in [0.3, 0.4) is 0 Å². The van der Waals surface area contributed by atoms with Crippen LogP contribution in [0.1, 0.15) is 29.2 Å². The van der Waals surface area contributed by atoms with E-state index < -0.39 is 0 Å². The van der Waals surface area contributed by atoms with Crippen molar-refractivity contribution in [2.75, 3.05) is 0 Å². The molecule has 5 heteroatoms. The van der Waals surface area contributed by atoms with E-state index in [0.29, 0.717) is 0 Å². The van der Waals surface area contributed by atoms with Crippen molar-refractivity contribution >= 4 is 23.1 Å². The van der Waals surface area contributed by atoms with Crippen molar-refractivity contribution in [2.24, 2.45) is 0 Å². The van der Waals surface area contributed by atoms with E-state index in [4.69, 9.17) is 0 Å². The van der Waals surface area contributed by atoms with E-state index in [1.54, 1.807) is 11.8 Å². The van der Waals surface area contributed by atoms with Crippen LogP contribution in [-0.2, 0) is 25.1 Å². The van der Waals surface area contributed by atoms with Gasteiger partial charge in [0.1, 0.15) is 0 Å². The van der Waals surface area contributed by atoms with Gasteiger partial charge in [0.25, 0.3) is 0 Å². The third kappa shape index (κ3) is 3.53. The third-order valence-electron chi connectivity index (χ3n) is 5.44. The zero-order valence-corrected chi connectivity index (χ0v) is 18.3. The van der Waals surface area contributed by atoms with Gasteiger partial charge in [0.2, 0.25) is 0 Å². The van der Waals surface area contributed by atoms with E-state index in [9.17, 15) is 0 Å². The lowest BCUT2D eigenvalue weighted by molar-refractivity contribution is 0.688. The first-order valence-electron chi connectivity index (χ1n) is 10.1. The number of aryl methyl sites for hydroxylation is 3. The second-order valence-electron chi connectivity index (χ2n) is 7.45. The number of aromatic nitrogens is 3. The lowest BCUT2D eigenvalue weighted by Gasteiger charge is -2.15. The molecule has 0 saturated carbocycles. The quantitative estimate of drug-likeness (QED) is 0.352. The molecule has 1 aliphatic carbocycles. The van der Waals surface area contributed by atoms with E-state index in [1.807, 2.05) is 11.3 Å². The predicted octanol–water partition coefficient (Wildman–Crippen LogP) is 6.39. The molecule has 2 heterocycles. The molecule has 0 atom stereocenters. The monoisotopic (exact) mass is 417 g/mol. The van der Waals surface area contributed by atoms with Crippen LogP contribution in [0.5, 0.6) is 0 Å². The largest absolute Gasteiger partial charge is 0.302 e. The van der Waals surface area contributed by atoms with Gasteiger partial charge in [-0.15, -0.1) is 21.5 Å². The maximum absolute atomic E-state index is 4.59. The van der Waals surface area contributed by atoms with E-state index in [0.717, 1.165) is 36.1 Å². The minimum Gasteiger partial charge on any atom is -0.302 e. The summed E-state index contributed by atoms with van der Waals surface area (Å²) in [5.74, 6) is 1.91. The van der Waals surface area contributed by atoms with Crippen LogP contribution in [0.2, 0.25) is 0 Å². The van der Waals surface area contributed by atoms with Crippen LogP contribution in [0, 0.1) is 6.92 Å². The summed E-state index contributed by atoms with van der Waals surface area (Å²) in [4.78, 5) is 2.63. The molecule has 0 fully saturated rings. The summed E-state index contributed by atoms with van der Waals surface area (Å²) < 4.78 is 2.25. The molecular weight excluding hydrogens is 394 g/mol. The standard InChI is InChI=1S/C24H23N3S2/c1-3-27-23(25-26-24(27)28-15-17-8-6-7-16(2)13-17)21-14-19-12-11-18-9-4-5-10-20(18)22(19)29-21/h4-10,13-14H,3,11-12,15H2,1-2H3. The molecule has 2 aromatic carbocycles. The summed E-state index contributed by atoms with van der Waals surface area (Å²) >= 11 is 3.62. The molecular formula is C24H23N3S2. The number of fused-ring (bicyclic) bond motifs is 3. The predicted molar refractivity (Wildman–Crippen MR) is 123 cm³/mol. The van der Waals surface area contributed by atoms with Crippen molar-refractivity contribution in [2.45, 2.75) is 44.1 Å². The number of hydrogen-bond donors (Lipinski definition) is 0. The Morgan fingerprint density at radius 3 is 2.72 bits per heavy atom. The van der Waals surface area contributed by atoms with Crippen LogP contribution in [0.25, 0.3) is 21.1 Å². The number of thiophene rings is 1. The Morgan fingerprint density at radius 1 is 1.00 bits per heavy atom. The lowest BCUT2D eigenvalue weighted by atomic mass is 9.91. The van der Waals surface area contributed by atoms with Gasteiger partial charge in [-0.05, 0) is 55.0 Å². The molecule has 0 aliphatic heterocycles. The van der Waals surface area contributed by atoms with Crippen molar-refractivity contribution in [1.29, 1.82) is 0 Å². The van der Waals surface area contributed by atoms with Crippen LogP contribution in [-0.4, -0.2) is 14.8 Å². The van der Waals surface area contributed by atoms with Crippen molar-refractivity contribution in [3.05, 3.63) is 76.9 Å². The number of thioether (sulfide) groups is 1. The van der Waals surface area contributed by atoms with Gasteiger partial charge in [0, 0.05) is 17.2 Å². The van der Waals surface area contributed by atoms with Crippen LogP contribution < -0.4 is 0 Å². The van der Waals surface area contributed by atoms with Gasteiger partial charge >= 0.3 is 0 Å². The molecule has 0 bridgehead atoms. The molecule has 0 amide bonds. The molecule has 0 saturated heterocycles. The first kappa shape index (κ1) is 18.6. The smallest absolute Gasteiger partial charge is 0.191 e. The third-order valence-corrected chi connectivity index (χ3v) is 7.68. The highest BCUT2D eigenvalue weighted by atomic mass is 32.2. The molecule has 146 valence electrons. The molecule has 2 aromatic heterocycles. The minimum atomic E-state index is 0.873.